The Bertz CT molecular complexity index is 361. The average molecular weight is 209 g/mol. The van der Waals surface area contributed by atoms with Gasteiger partial charge in [-0.25, -0.2) is 0 Å². The molecule has 0 spiro atoms. The van der Waals surface area contributed by atoms with Crippen LogP contribution in [0, 0.1) is 0 Å². The molecule has 1 aromatic heterocycles. The molecule has 6 heteroatoms. The molecule has 0 radical (unpaired) electrons. The molecule has 1 aliphatic heterocycles. The molecule has 0 saturated carbocycles. The normalized spacial score (nSPS) is 21.3. The van der Waals surface area contributed by atoms with Gasteiger partial charge in [-0.3, -0.25) is 4.79 Å². The largest absolute Gasteiger partial charge is 0.341 e. The maximum atomic E-state index is 11.5. The van der Waals surface area contributed by atoms with E-state index in [1.165, 1.54) is 0 Å². The molecule has 15 heavy (non-hydrogen) atoms. The number of aromatic nitrogens is 3. The summed E-state index contributed by atoms with van der Waals surface area (Å²) in [5.74, 6) is 0.945. The van der Waals surface area contributed by atoms with Crippen molar-refractivity contribution in [3.63, 3.8) is 0 Å². The molecular formula is C9H15N5O. The van der Waals surface area contributed by atoms with Crippen molar-refractivity contribution in [3.8, 4) is 0 Å². The van der Waals surface area contributed by atoms with Gasteiger partial charge in [0.05, 0.1) is 6.04 Å². The second kappa shape index (κ2) is 3.98. The lowest BCUT2D eigenvalue weighted by Crippen LogP contribution is -2.35. The molecule has 1 fully saturated rings. The number of likely N-dealkylation sites (tertiary alicyclic amines) is 1. The third-order valence-corrected chi connectivity index (χ3v) is 2.75. The average Bonchev–Trinajstić information content (AvgIpc) is 2.74. The second-order valence-corrected chi connectivity index (χ2v) is 3.83. The van der Waals surface area contributed by atoms with Gasteiger partial charge in [0, 0.05) is 26.6 Å². The summed E-state index contributed by atoms with van der Waals surface area (Å²) >= 11 is 0. The fraction of sp³-hybridized carbons (Fsp3) is 0.667. The van der Waals surface area contributed by atoms with Gasteiger partial charge in [-0.05, 0) is 6.42 Å². The predicted molar refractivity (Wildman–Crippen MR) is 53.9 cm³/mol. The van der Waals surface area contributed by atoms with Crippen LogP contribution >= 0.6 is 0 Å². The van der Waals surface area contributed by atoms with Crippen molar-refractivity contribution in [2.45, 2.75) is 18.9 Å². The summed E-state index contributed by atoms with van der Waals surface area (Å²) in [7, 11) is 1.90. The van der Waals surface area contributed by atoms with Gasteiger partial charge in [-0.15, -0.1) is 10.2 Å². The summed E-state index contributed by atoms with van der Waals surface area (Å²) in [5, 5.41) is 7.75. The minimum absolute atomic E-state index is 0.0529. The van der Waals surface area contributed by atoms with Crippen molar-refractivity contribution in [1.29, 1.82) is 0 Å². The van der Waals surface area contributed by atoms with Crippen LogP contribution in [-0.4, -0.2) is 44.7 Å². The highest BCUT2D eigenvalue weighted by Gasteiger charge is 2.27. The van der Waals surface area contributed by atoms with Gasteiger partial charge in [0.15, 0.2) is 0 Å². The van der Waals surface area contributed by atoms with E-state index in [4.69, 9.17) is 5.73 Å². The van der Waals surface area contributed by atoms with Crippen LogP contribution < -0.4 is 5.73 Å². The Balaban J connectivity index is 1.89. The van der Waals surface area contributed by atoms with E-state index in [2.05, 4.69) is 10.2 Å². The standard InChI is InChI=1S/C9H15N5O/c1-13-6-11-12-8(13)3-5-14-4-2-7(10)9(14)15/h6-7H,2-5,10H2,1H3. The van der Waals surface area contributed by atoms with E-state index in [1.807, 2.05) is 11.6 Å². The molecule has 2 heterocycles. The van der Waals surface area contributed by atoms with Gasteiger partial charge in [-0.1, -0.05) is 0 Å². The van der Waals surface area contributed by atoms with Crippen LogP contribution in [0.5, 0.6) is 0 Å². The fourth-order valence-electron chi connectivity index (χ4n) is 1.75. The first-order chi connectivity index (χ1) is 7.18. The zero-order valence-corrected chi connectivity index (χ0v) is 8.76. The van der Waals surface area contributed by atoms with Gasteiger partial charge in [-0.2, -0.15) is 0 Å². The number of hydrogen-bond donors (Lipinski definition) is 1. The first-order valence-corrected chi connectivity index (χ1v) is 5.05. The van der Waals surface area contributed by atoms with Crippen molar-refractivity contribution < 1.29 is 4.79 Å². The van der Waals surface area contributed by atoms with Gasteiger partial charge in [0.25, 0.3) is 0 Å². The number of nitrogens with two attached hydrogens (primary N) is 1. The molecule has 1 saturated heterocycles. The lowest BCUT2D eigenvalue weighted by atomic mass is 10.3. The molecule has 0 aromatic carbocycles. The SMILES string of the molecule is Cn1cnnc1CCN1CCC(N)C1=O. The van der Waals surface area contributed by atoms with Crippen LogP contribution in [0.2, 0.25) is 0 Å². The molecule has 6 nitrogen and oxygen atoms in total. The van der Waals surface area contributed by atoms with Crippen LogP contribution in [-0.2, 0) is 18.3 Å². The number of carbonyl (C=O) groups is 1. The van der Waals surface area contributed by atoms with Gasteiger partial charge >= 0.3 is 0 Å². The van der Waals surface area contributed by atoms with E-state index < -0.39 is 0 Å². The molecule has 0 aliphatic carbocycles. The van der Waals surface area contributed by atoms with E-state index in [0.717, 1.165) is 25.2 Å². The minimum atomic E-state index is -0.301. The second-order valence-electron chi connectivity index (χ2n) is 3.83. The van der Waals surface area contributed by atoms with Crippen molar-refractivity contribution in [1.82, 2.24) is 19.7 Å². The van der Waals surface area contributed by atoms with E-state index in [1.54, 1.807) is 11.2 Å². The highest BCUT2D eigenvalue weighted by molar-refractivity contribution is 5.83. The summed E-state index contributed by atoms with van der Waals surface area (Å²) in [6.45, 7) is 1.44. The van der Waals surface area contributed by atoms with Gasteiger partial charge in [0.1, 0.15) is 12.2 Å². The maximum absolute atomic E-state index is 11.5. The van der Waals surface area contributed by atoms with Crippen LogP contribution in [0.4, 0.5) is 0 Å². The molecule has 1 unspecified atom stereocenters. The molecule has 1 amide bonds. The van der Waals surface area contributed by atoms with Crippen LogP contribution in [0.1, 0.15) is 12.2 Å². The summed E-state index contributed by atoms with van der Waals surface area (Å²) in [5.41, 5.74) is 5.62. The predicted octanol–water partition coefficient (Wildman–Crippen LogP) is -1.08. The molecule has 82 valence electrons. The van der Waals surface area contributed by atoms with Crippen molar-refractivity contribution >= 4 is 5.91 Å². The molecule has 2 N–H and O–H groups in total. The lowest BCUT2D eigenvalue weighted by molar-refractivity contribution is -0.128. The molecule has 0 bridgehead atoms. The van der Waals surface area contributed by atoms with E-state index in [-0.39, 0.29) is 11.9 Å². The Morgan fingerprint density at radius 3 is 3.00 bits per heavy atom. The number of hydrogen-bond acceptors (Lipinski definition) is 4. The zero-order chi connectivity index (χ0) is 10.8. The summed E-state index contributed by atoms with van der Waals surface area (Å²) in [6.07, 6.45) is 3.15. The minimum Gasteiger partial charge on any atom is -0.341 e. The van der Waals surface area contributed by atoms with Crippen molar-refractivity contribution in [3.05, 3.63) is 12.2 Å². The fourth-order valence-corrected chi connectivity index (χ4v) is 1.75. The number of nitrogens with zero attached hydrogens (tertiary/aromatic N) is 4. The van der Waals surface area contributed by atoms with Gasteiger partial charge in [0.2, 0.25) is 5.91 Å². The van der Waals surface area contributed by atoms with Crippen molar-refractivity contribution in [2.24, 2.45) is 12.8 Å². The Labute approximate surface area is 88.1 Å². The third-order valence-electron chi connectivity index (χ3n) is 2.75. The van der Waals surface area contributed by atoms with Gasteiger partial charge < -0.3 is 15.2 Å². The molecule has 1 atom stereocenters. The Morgan fingerprint density at radius 2 is 2.47 bits per heavy atom. The summed E-state index contributed by atoms with van der Waals surface area (Å²) in [4.78, 5) is 13.3. The van der Waals surface area contributed by atoms with E-state index >= 15 is 0 Å². The number of carbonyl (C=O) groups excluding carboxylic acids is 1. The Hall–Kier alpha value is -1.43. The monoisotopic (exact) mass is 209 g/mol. The molecular weight excluding hydrogens is 194 g/mol. The topological polar surface area (TPSA) is 77.0 Å². The highest BCUT2D eigenvalue weighted by atomic mass is 16.2. The van der Waals surface area contributed by atoms with Crippen molar-refractivity contribution in [2.75, 3.05) is 13.1 Å². The van der Waals surface area contributed by atoms with E-state index in [0.29, 0.717) is 6.54 Å². The zero-order valence-electron chi connectivity index (χ0n) is 8.76. The Morgan fingerprint density at radius 1 is 1.67 bits per heavy atom. The molecule has 1 aliphatic rings. The highest BCUT2D eigenvalue weighted by Crippen LogP contribution is 2.09. The summed E-state index contributed by atoms with van der Waals surface area (Å²) in [6, 6.07) is -0.301. The van der Waals surface area contributed by atoms with Crippen LogP contribution in [0.3, 0.4) is 0 Å². The van der Waals surface area contributed by atoms with E-state index in [9.17, 15) is 4.79 Å². The van der Waals surface area contributed by atoms with Crippen LogP contribution in [0.15, 0.2) is 6.33 Å². The number of aryl methyl sites for hydroxylation is 1. The van der Waals surface area contributed by atoms with Crippen LogP contribution in [0.25, 0.3) is 0 Å². The number of amides is 1. The maximum Gasteiger partial charge on any atom is 0.239 e. The lowest BCUT2D eigenvalue weighted by Gasteiger charge is -2.15. The molecule has 1 aromatic rings. The third kappa shape index (κ3) is 1.99. The smallest absolute Gasteiger partial charge is 0.239 e. The Kier molecular flexibility index (Phi) is 2.68. The molecule has 2 rings (SSSR count). The summed E-state index contributed by atoms with van der Waals surface area (Å²) < 4.78 is 1.86. The quantitative estimate of drug-likeness (QED) is 0.686. The number of rotatable bonds is 3. The first-order valence-electron chi connectivity index (χ1n) is 5.05. The first kappa shape index (κ1) is 10.1.